The number of hydrogen-bond donors (Lipinski definition) is 2. The molecule has 5 nitrogen and oxygen atoms in total. The first-order valence-electron chi connectivity index (χ1n) is 10.3. The Morgan fingerprint density at radius 1 is 0.938 bits per heavy atom. The highest BCUT2D eigenvalue weighted by molar-refractivity contribution is 7.91. The Labute approximate surface area is 186 Å². The van der Waals surface area contributed by atoms with E-state index in [4.69, 9.17) is 0 Å². The quantitative estimate of drug-likeness (QED) is 0.415. The van der Waals surface area contributed by atoms with Crippen LogP contribution in [-0.2, 0) is 21.1 Å². The van der Waals surface area contributed by atoms with Gasteiger partial charge in [-0.05, 0) is 47.9 Å². The molecule has 0 atom stereocenters. The Balaban J connectivity index is 1.45. The van der Waals surface area contributed by atoms with Gasteiger partial charge in [0.05, 0.1) is 10.6 Å². The van der Waals surface area contributed by atoms with Crippen molar-refractivity contribution in [1.82, 2.24) is 10.3 Å². The molecule has 0 saturated carbocycles. The van der Waals surface area contributed by atoms with Gasteiger partial charge in [-0.15, -0.1) is 0 Å². The normalized spacial score (nSPS) is 11.5. The lowest BCUT2D eigenvalue weighted by molar-refractivity contribution is -0.120. The highest BCUT2D eigenvalue weighted by atomic mass is 32.2. The third-order valence-corrected chi connectivity index (χ3v) is 7.06. The SMILES string of the molecule is O=C(CCc1c(-c2ccccc2)[nH]c2ccc(F)cc12)NCCS(=O)(=O)c1ccccc1. The van der Waals surface area contributed by atoms with Crippen LogP contribution in [0.2, 0.25) is 0 Å². The zero-order chi connectivity index (χ0) is 22.6. The fourth-order valence-electron chi connectivity index (χ4n) is 3.73. The Kier molecular flexibility index (Phi) is 6.37. The molecule has 4 rings (SSSR count). The number of fused-ring (bicyclic) bond motifs is 1. The average molecular weight is 451 g/mol. The summed E-state index contributed by atoms with van der Waals surface area (Å²) in [5, 5.41) is 3.43. The van der Waals surface area contributed by atoms with Crippen LogP contribution in [-0.4, -0.2) is 31.6 Å². The molecule has 0 fully saturated rings. The van der Waals surface area contributed by atoms with Crippen molar-refractivity contribution in [3.8, 4) is 11.3 Å². The van der Waals surface area contributed by atoms with Crippen LogP contribution in [0.25, 0.3) is 22.2 Å². The van der Waals surface area contributed by atoms with E-state index in [9.17, 15) is 17.6 Å². The van der Waals surface area contributed by atoms with Crippen LogP contribution in [0.3, 0.4) is 0 Å². The second-order valence-electron chi connectivity index (χ2n) is 7.52. The lowest BCUT2D eigenvalue weighted by Gasteiger charge is -2.08. The molecule has 32 heavy (non-hydrogen) atoms. The molecule has 0 unspecified atom stereocenters. The number of H-pyrrole nitrogens is 1. The van der Waals surface area contributed by atoms with E-state index in [-0.39, 0.29) is 35.3 Å². The topological polar surface area (TPSA) is 79.0 Å². The maximum atomic E-state index is 13.9. The Morgan fingerprint density at radius 2 is 1.62 bits per heavy atom. The van der Waals surface area contributed by atoms with E-state index in [1.807, 2.05) is 30.3 Å². The highest BCUT2D eigenvalue weighted by Gasteiger charge is 2.17. The first kappa shape index (κ1) is 21.8. The molecule has 0 radical (unpaired) electrons. The van der Waals surface area contributed by atoms with Crippen molar-refractivity contribution in [2.24, 2.45) is 0 Å². The van der Waals surface area contributed by atoms with Crippen molar-refractivity contribution in [2.45, 2.75) is 17.7 Å². The molecule has 1 heterocycles. The van der Waals surface area contributed by atoms with Crippen LogP contribution in [0.1, 0.15) is 12.0 Å². The average Bonchev–Trinajstić information content (AvgIpc) is 3.16. The van der Waals surface area contributed by atoms with Crippen LogP contribution in [0, 0.1) is 5.82 Å². The number of aromatic amines is 1. The number of carbonyl (C=O) groups excluding carboxylic acids is 1. The van der Waals surface area contributed by atoms with Crippen LogP contribution >= 0.6 is 0 Å². The molecular weight excluding hydrogens is 427 g/mol. The summed E-state index contributed by atoms with van der Waals surface area (Å²) in [6.07, 6.45) is 0.555. The van der Waals surface area contributed by atoms with Gasteiger partial charge in [-0.25, -0.2) is 12.8 Å². The summed E-state index contributed by atoms with van der Waals surface area (Å²) in [7, 11) is -3.45. The molecule has 0 aliphatic carbocycles. The zero-order valence-electron chi connectivity index (χ0n) is 17.3. The fraction of sp³-hybridized carbons (Fsp3) is 0.160. The number of benzene rings is 3. The number of amides is 1. The Hall–Kier alpha value is -3.45. The standard InChI is InChI=1S/C25H23FN2O3S/c26-19-11-13-23-22(17-19)21(25(28-23)18-7-3-1-4-8-18)12-14-24(29)27-15-16-32(30,31)20-9-5-2-6-10-20/h1-11,13,17,28H,12,14-16H2,(H,27,29). The Bertz CT molecular complexity index is 1330. The summed E-state index contributed by atoms with van der Waals surface area (Å²) in [6.45, 7) is 0.0319. The molecule has 7 heteroatoms. The minimum absolute atomic E-state index is 0.0319. The Morgan fingerprint density at radius 3 is 2.34 bits per heavy atom. The summed E-state index contributed by atoms with van der Waals surface area (Å²) >= 11 is 0. The largest absolute Gasteiger partial charge is 0.355 e. The van der Waals surface area contributed by atoms with Crippen LogP contribution in [0.4, 0.5) is 4.39 Å². The predicted molar refractivity (Wildman–Crippen MR) is 124 cm³/mol. The number of aromatic nitrogens is 1. The monoisotopic (exact) mass is 450 g/mol. The summed E-state index contributed by atoms with van der Waals surface area (Å²) in [6, 6.07) is 22.4. The number of carbonyl (C=O) groups is 1. The van der Waals surface area contributed by atoms with Gasteiger partial charge >= 0.3 is 0 Å². The summed E-state index contributed by atoms with van der Waals surface area (Å²) in [5.41, 5.74) is 3.46. The van der Waals surface area contributed by atoms with Gasteiger partial charge in [-0.1, -0.05) is 48.5 Å². The van der Waals surface area contributed by atoms with Crippen molar-refractivity contribution in [1.29, 1.82) is 0 Å². The molecule has 2 N–H and O–H groups in total. The van der Waals surface area contributed by atoms with E-state index in [1.54, 1.807) is 36.4 Å². The van der Waals surface area contributed by atoms with Gasteiger partial charge in [0.1, 0.15) is 5.82 Å². The van der Waals surface area contributed by atoms with Crippen molar-refractivity contribution < 1.29 is 17.6 Å². The summed E-state index contributed by atoms with van der Waals surface area (Å²) in [5.74, 6) is -0.762. The number of nitrogens with one attached hydrogen (secondary N) is 2. The maximum absolute atomic E-state index is 13.9. The van der Waals surface area contributed by atoms with Gasteiger partial charge in [0.2, 0.25) is 5.91 Å². The molecular formula is C25H23FN2O3S. The van der Waals surface area contributed by atoms with Crippen molar-refractivity contribution in [3.05, 3.63) is 90.2 Å². The van der Waals surface area contributed by atoms with Gasteiger partial charge < -0.3 is 10.3 Å². The third-order valence-electron chi connectivity index (χ3n) is 5.33. The van der Waals surface area contributed by atoms with Gasteiger partial charge in [-0.2, -0.15) is 0 Å². The molecule has 0 saturated heterocycles. The van der Waals surface area contributed by atoms with E-state index in [1.165, 1.54) is 12.1 Å². The van der Waals surface area contributed by atoms with Gasteiger partial charge in [0.25, 0.3) is 0 Å². The molecule has 3 aromatic carbocycles. The molecule has 1 aromatic heterocycles. The number of sulfone groups is 1. The first-order chi connectivity index (χ1) is 15.4. The van der Waals surface area contributed by atoms with Crippen molar-refractivity contribution in [3.63, 3.8) is 0 Å². The molecule has 0 aliphatic rings. The van der Waals surface area contributed by atoms with Crippen molar-refractivity contribution in [2.75, 3.05) is 12.3 Å². The third kappa shape index (κ3) is 4.89. The van der Waals surface area contributed by atoms with Gasteiger partial charge in [0.15, 0.2) is 9.84 Å². The van der Waals surface area contributed by atoms with Crippen LogP contribution < -0.4 is 5.32 Å². The lowest BCUT2D eigenvalue weighted by Crippen LogP contribution is -2.29. The molecule has 0 bridgehead atoms. The van der Waals surface area contributed by atoms with E-state index in [0.29, 0.717) is 6.42 Å². The predicted octanol–water partition coefficient (Wildman–Crippen LogP) is 4.50. The lowest BCUT2D eigenvalue weighted by atomic mass is 10.0. The second-order valence-corrected chi connectivity index (χ2v) is 9.63. The second kappa shape index (κ2) is 9.36. The molecule has 4 aromatic rings. The number of rotatable bonds is 8. The molecule has 0 aliphatic heterocycles. The number of aryl methyl sites for hydroxylation is 1. The number of hydrogen-bond acceptors (Lipinski definition) is 3. The molecule has 164 valence electrons. The van der Waals surface area contributed by atoms with E-state index in [2.05, 4.69) is 10.3 Å². The smallest absolute Gasteiger partial charge is 0.220 e. The minimum atomic E-state index is -3.45. The maximum Gasteiger partial charge on any atom is 0.220 e. The van der Waals surface area contributed by atoms with E-state index >= 15 is 0 Å². The van der Waals surface area contributed by atoms with Crippen LogP contribution in [0.5, 0.6) is 0 Å². The van der Waals surface area contributed by atoms with Gasteiger partial charge in [-0.3, -0.25) is 4.79 Å². The fourth-order valence-corrected chi connectivity index (χ4v) is 4.91. The highest BCUT2D eigenvalue weighted by Crippen LogP contribution is 2.31. The number of halogens is 1. The van der Waals surface area contributed by atoms with E-state index in [0.717, 1.165) is 27.7 Å². The summed E-state index contributed by atoms with van der Waals surface area (Å²) < 4.78 is 38.6. The van der Waals surface area contributed by atoms with Crippen molar-refractivity contribution >= 4 is 26.6 Å². The molecule has 1 amide bonds. The minimum Gasteiger partial charge on any atom is -0.355 e. The molecule has 0 spiro atoms. The zero-order valence-corrected chi connectivity index (χ0v) is 18.2. The van der Waals surface area contributed by atoms with E-state index < -0.39 is 9.84 Å². The van der Waals surface area contributed by atoms with Gasteiger partial charge in [0, 0.05) is 29.6 Å². The van der Waals surface area contributed by atoms with Crippen LogP contribution in [0.15, 0.2) is 83.8 Å². The summed E-state index contributed by atoms with van der Waals surface area (Å²) in [4.78, 5) is 16.0. The first-order valence-corrected chi connectivity index (χ1v) is 12.0.